The minimum absolute atomic E-state index is 0.241. The predicted molar refractivity (Wildman–Crippen MR) is 124 cm³/mol. The third kappa shape index (κ3) is 4.40. The lowest BCUT2D eigenvalue weighted by Crippen LogP contribution is -2.42. The third-order valence-corrected chi connectivity index (χ3v) is 7.13. The first kappa shape index (κ1) is 22.0. The van der Waals surface area contributed by atoms with Crippen LogP contribution in [0.3, 0.4) is 0 Å². The highest BCUT2D eigenvalue weighted by Gasteiger charge is 2.36. The lowest BCUT2D eigenvalue weighted by atomic mass is 9.69. The van der Waals surface area contributed by atoms with E-state index in [1.165, 1.54) is 0 Å². The number of hydrogen-bond donors (Lipinski definition) is 1. The van der Waals surface area contributed by atoms with Crippen molar-refractivity contribution in [3.05, 3.63) is 113 Å². The van der Waals surface area contributed by atoms with E-state index < -0.39 is 15.4 Å². The Kier molecular flexibility index (Phi) is 6.59. The summed E-state index contributed by atoms with van der Waals surface area (Å²) in [5, 5.41) is 0. The fourth-order valence-corrected chi connectivity index (χ4v) is 5.21. The van der Waals surface area contributed by atoms with Gasteiger partial charge in [-0.3, -0.25) is 0 Å². The van der Waals surface area contributed by atoms with Gasteiger partial charge in [-0.05, 0) is 61.6 Å². The van der Waals surface area contributed by atoms with Gasteiger partial charge in [0.1, 0.15) is 0 Å². The normalized spacial score (nSPS) is 12.0. The average molecular weight is 420 g/mol. The Morgan fingerprint density at radius 2 is 1.33 bits per heavy atom. The summed E-state index contributed by atoms with van der Waals surface area (Å²) in [5.41, 5.74) is 4.91. The van der Waals surface area contributed by atoms with E-state index in [0.29, 0.717) is 6.42 Å². The van der Waals surface area contributed by atoms with Crippen molar-refractivity contribution < 1.29 is 8.42 Å². The topological polar surface area (TPSA) is 46.2 Å². The molecule has 4 heteroatoms. The van der Waals surface area contributed by atoms with E-state index in [9.17, 15) is 8.42 Å². The summed E-state index contributed by atoms with van der Waals surface area (Å²) in [7, 11) is -3.65. The molecule has 0 radical (unpaired) electrons. The standard InChI is InChI=1S/C26H29NO2S/c1-5-18-26(24-12-8-6-10-21(24)3,25-13-9-7-11-22(25)4)19-27-30(28,29)23-16-14-20(2)15-17-23/h5-17,27H,1,18-19H2,2-4H3. The van der Waals surface area contributed by atoms with E-state index in [2.05, 4.69) is 49.4 Å². The summed E-state index contributed by atoms with van der Waals surface area (Å²) < 4.78 is 29.1. The molecule has 3 aromatic rings. The third-order valence-electron chi connectivity index (χ3n) is 5.71. The molecule has 0 fully saturated rings. The van der Waals surface area contributed by atoms with Crippen LogP contribution in [0.4, 0.5) is 0 Å². The molecule has 0 heterocycles. The zero-order valence-corrected chi connectivity index (χ0v) is 18.7. The molecule has 0 amide bonds. The van der Waals surface area contributed by atoms with Crippen molar-refractivity contribution in [1.82, 2.24) is 4.72 Å². The van der Waals surface area contributed by atoms with Gasteiger partial charge < -0.3 is 0 Å². The maximum absolute atomic E-state index is 13.1. The van der Waals surface area contributed by atoms with Crippen LogP contribution < -0.4 is 4.72 Å². The molecule has 0 aliphatic carbocycles. The van der Waals surface area contributed by atoms with E-state index in [-0.39, 0.29) is 11.4 Å². The monoisotopic (exact) mass is 419 g/mol. The Morgan fingerprint density at radius 3 is 1.80 bits per heavy atom. The number of sulfonamides is 1. The van der Waals surface area contributed by atoms with E-state index >= 15 is 0 Å². The maximum Gasteiger partial charge on any atom is 0.240 e. The second-order valence-electron chi connectivity index (χ2n) is 7.84. The Bertz CT molecular complexity index is 1090. The van der Waals surface area contributed by atoms with Crippen LogP contribution in [0.5, 0.6) is 0 Å². The van der Waals surface area contributed by atoms with Crippen molar-refractivity contribution in [2.75, 3.05) is 6.54 Å². The van der Waals surface area contributed by atoms with Crippen molar-refractivity contribution in [3.63, 3.8) is 0 Å². The van der Waals surface area contributed by atoms with Crippen molar-refractivity contribution in [1.29, 1.82) is 0 Å². The van der Waals surface area contributed by atoms with E-state index in [1.807, 2.05) is 49.4 Å². The maximum atomic E-state index is 13.1. The Hall–Kier alpha value is -2.69. The smallest absolute Gasteiger partial charge is 0.210 e. The van der Waals surface area contributed by atoms with E-state index in [0.717, 1.165) is 27.8 Å². The van der Waals surface area contributed by atoms with E-state index in [1.54, 1.807) is 12.1 Å². The molecular formula is C26H29NO2S. The van der Waals surface area contributed by atoms with Gasteiger partial charge in [0.05, 0.1) is 4.90 Å². The van der Waals surface area contributed by atoms with Crippen molar-refractivity contribution in [3.8, 4) is 0 Å². The molecule has 0 aliphatic rings. The Balaban J connectivity index is 2.12. The SMILES string of the molecule is C=CCC(CNS(=O)(=O)c1ccc(C)cc1)(c1ccccc1C)c1ccccc1C. The molecule has 0 unspecified atom stereocenters. The molecule has 30 heavy (non-hydrogen) atoms. The van der Waals surface area contributed by atoms with Crippen molar-refractivity contribution >= 4 is 10.0 Å². The summed E-state index contributed by atoms with van der Waals surface area (Å²) in [6.45, 7) is 10.3. The molecule has 0 bridgehead atoms. The van der Waals surface area contributed by atoms with Crippen LogP contribution in [0.2, 0.25) is 0 Å². The number of allylic oxidation sites excluding steroid dienone is 1. The first-order valence-electron chi connectivity index (χ1n) is 10.1. The van der Waals surface area contributed by atoms with Crippen LogP contribution in [0, 0.1) is 20.8 Å². The van der Waals surface area contributed by atoms with Crippen LogP contribution in [0.25, 0.3) is 0 Å². The van der Waals surface area contributed by atoms with Crippen LogP contribution in [-0.4, -0.2) is 15.0 Å². The number of aryl methyl sites for hydroxylation is 3. The summed E-state index contributed by atoms with van der Waals surface area (Å²) in [5.74, 6) is 0. The van der Waals surface area contributed by atoms with Gasteiger partial charge in [0.15, 0.2) is 0 Å². The molecule has 3 rings (SSSR count). The molecule has 0 aliphatic heterocycles. The average Bonchev–Trinajstić information content (AvgIpc) is 2.73. The first-order valence-corrected chi connectivity index (χ1v) is 11.6. The number of hydrogen-bond acceptors (Lipinski definition) is 2. The molecule has 3 aromatic carbocycles. The van der Waals surface area contributed by atoms with Gasteiger partial charge in [0, 0.05) is 12.0 Å². The minimum Gasteiger partial charge on any atom is -0.210 e. The molecule has 0 saturated heterocycles. The van der Waals surface area contributed by atoms with Gasteiger partial charge in [-0.25, -0.2) is 13.1 Å². The highest BCUT2D eigenvalue weighted by atomic mass is 32.2. The molecule has 1 N–H and O–H groups in total. The van der Waals surface area contributed by atoms with Crippen LogP contribution in [0.15, 0.2) is 90.3 Å². The quantitative estimate of drug-likeness (QED) is 0.493. The molecule has 156 valence electrons. The highest BCUT2D eigenvalue weighted by Crippen LogP contribution is 2.39. The molecule has 0 spiro atoms. The summed E-state index contributed by atoms with van der Waals surface area (Å²) in [6, 6.07) is 23.3. The number of benzene rings is 3. The fourth-order valence-electron chi connectivity index (χ4n) is 4.11. The second-order valence-corrected chi connectivity index (χ2v) is 9.61. The lowest BCUT2D eigenvalue weighted by molar-refractivity contribution is 0.494. The molecule has 3 nitrogen and oxygen atoms in total. The first-order chi connectivity index (χ1) is 14.3. The zero-order valence-electron chi connectivity index (χ0n) is 17.9. The lowest BCUT2D eigenvalue weighted by Gasteiger charge is -2.37. The second kappa shape index (κ2) is 8.99. The van der Waals surface area contributed by atoms with Gasteiger partial charge in [0.2, 0.25) is 10.0 Å². The van der Waals surface area contributed by atoms with Gasteiger partial charge >= 0.3 is 0 Å². The predicted octanol–water partition coefficient (Wildman–Crippen LogP) is 5.45. The van der Waals surface area contributed by atoms with Crippen molar-refractivity contribution in [2.24, 2.45) is 0 Å². The van der Waals surface area contributed by atoms with Crippen molar-refractivity contribution in [2.45, 2.75) is 37.5 Å². The van der Waals surface area contributed by atoms with Crippen LogP contribution in [0.1, 0.15) is 34.2 Å². The summed E-state index contributed by atoms with van der Waals surface area (Å²) in [4.78, 5) is 0.273. The van der Waals surface area contributed by atoms with Gasteiger partial charge in [0.25, 0.3) is 0 Å². The number of nitrogens with one attached hydrogen (secondary N) is 1. The van der Waals surface area contributed by atoms with Gasteiger partial charge in [-0.15, -0.1) is 6.58 Å². The number of rotatable bonds is 8. The largest absolute Gasteiger partial charge is 0.240 e. The summed E-state index contributed by atoms with van der Waals surface area (Å²) >= 11 is 0. The Labute approximate surface area is 180 Å². The Morgan fingerprint density at radius 1 is 0.833 bits per heavy atom. The highest BCUT2D eigenvalue weighted by molar-refractivity contribution is 7.89. The molecule has 0 atom stereocenters. The molecular weight excluding hydrogens is 390 g/mol. The molecule has 0 aromatic heterocycles. The van der Waals surface area contributed by atoms with Crippen LogP contribution >= 0.6 is 0 Å². The van der Waals surface area contributed by atoms with Gasteiger partial charge in [-0.2, -0.15) is 0 Å². The molecule has 0 saturated carbocycles. The van der Waals surface area contributed by atoms with E-state index in [4.69, 9.17) is 0 Å². The minimum atomic E-state index is -3.65. The zero-order chi connectivity index (χ0) is 21.8. The summed E-state index contributed by atoms with van der Waals surface area (Å²) in [6.07, 6.45) is 2.48. The fraction of sp³-hybridized carbons (Fsp3) is 0.231. The van der Waals surface area contributed by atoms with Crippen LogP contribution in [-0.2, 0) is 15.4 Å². The van der Waals surface area contributed by atoms with Gasteiger partial charge in [-0.1, -0.05) is 72.3 Å².